The molecule has 0 aliphatic carbocycles. The van der Waals surface area contributed by atoms with Crippen LogP contribution in [0.3, 0.4) is 0 Å². The van der Waals surface area contributed by atoms with Crippen LogP contribution in [-0.4, -0.2) is 35.5 Å². The molecule has 1 aliphatic heterocycles. The van der Waals surface area contributed by atoms with E-state index in [1.165, 1.54) is 12.8 Å². The largest absolute Gasteiger partial charge is 0.356 e. The van der Waals surface area contributed by atoms with Crippen LogP contribution in [0.2, 0.25) is 0 Å². The summed E-state index contributed by atoms with van der Waals surface area (Å²) in [6.07, 6.45) is 5.97. The van der Waals surface area contributed by atoms with Crippen molar-refractivity contribution in [2.24, 2.45) is 0 Å². The van der Waals surface area contributed by atoms with E-state index < -0.39 is 0 Å². The Morgan fingerprint density at radius 1 is 1.12 bits per heavy atom. The van der Waals surface area contributed by atoms with E-state index in [2.05, 4.69) is 32.0 Å². The monoisotopic (exact) mass is 348 g/mol. The third kappa shape index (κ3) is 4.40. The minimum atomic E-state index is -0.163. The van der Waals surface area contributed by atoms with Gasteiger partial charge in [0.15, 0.2) is 0 Å². The summed E-state index contributed by atoms with van der Waals surface area (Å²) in [4.78, 5) is 22.9. The lowest BCUT2D eigenvalue weighted by Gasteiger charge is -2.13. The molecule has 1 aliphatic rings. The van der Waals surface area contributed by atoms with Crippen LogP contribution in [0.15, 0.2) is 36.7 Å². The Hall–Kier alpha value is -2.87. The van der Waals surface area contributed by atoms with E-state index in [0.29, 0.717) is 6.54 Å². The van der Waals surface area contributed by atoms with Crippen molar-refractivity contribution >= 4 is 11.9 Å². The number of hydrogen-bond donors (Lipinski definition) is 1. The van der Waals surface area contributed by atoms with Gasteiger partial charge in [-0.2, -0.15) is 0 Å². The van der Waals surface area contributed by atoms with Crippen molar-refractivity contribution in [1.29, 1.82) is 0 Å². The van der Waals surface area contributed by atoms with Gasteiger partial charge in [0.25, 0.3) is 0 Å². The van der Waals surface area contributed by atoms with Gasteiger partial charge in [0.1, 0.15) is 0 Å². The van der Waals surface area contributed by atoms with Crippen LogP contribution < -0.4 is 10.2 Å². The van der Waals surface area contributed by atoms with Gasteiger partial charge < -0.3 is 10.2 Å². The van der Waals surface area contributed by atoms with E-state index in [9.17, 15) is 4.79 Å². The zero-order chi connectivity index (χ0) is 18.4. The van der Waals surface area contributed by atoms with Gasteiger partial charge in [-0.05, 0) is 44.4 Å². The fourth-order valence-corrected chi connectivity index (χ4v) is 2.94. The summed E-state index contributed by atoms with van der Waals surface area (Å²) < 4.78 is 0. The highest BCUT2D eigenvalue weighted by atomic mass is 16.1. The number of carbonyl (C=O) groups excluding carboxylic acids is 1. The fraction of sp³-hybridized carbons (Fsp3) is 0.381. The number of nitrogens with zero attached hydrogens (tertiary/aromatic N) is 3. The molecule has 0 saturated carbocycles. The van der Waals surface area contributed by atoms with Crippen LogP contribution in [0.4, 0.5) is 5.95 Å². The summed E-state index contributed by atoms with van der Waals surface area (Å²) in [6, 6.07) is 7.79. The molecule has 2 aromatic rings. The minimum Gasteiger partial charge on any atom is -0.356 e. The van der Waals surface area contributed by atoms with Crippen molar-refractivity contribution in [3.8, 4) is 11.8 Å². The van der Waals surface area contributed by atoms with E-state index >= 15 is 0 Å². The van der Waals surface area contributed by atoms with Crippen molar-refractivity contribution < 1.29 is 4.79 Å². The van der Waals surface area contributed by atoms with Crippen molar-refractivity contribution in [3.63, 3.8) is 0 Å². The second-order valence-electron chi connectivity index (χ2n) is 6.45. The molecule has 1 amide bonds. The lowest BCUT2D eigenvalue weighted by atomic mass is 9.99. The summed E-state index contributed by atoms with van der Waals surface area (Å²) in [6.45, 7) is 6.54. The van der Waals surface area contributed by atoms with E-state index in [0.717, 1.165) is 35.7 Å². The molecule has 0 spiro atoms. The Bertz CT molecular complexity index is 797. The van der Waals surface area contributed by atoms with E-state index in [1.807, 2.05) is 38.1 Å². The predicted octanol–water partition coefficient (Wildman–Crippen LogP) is 2.72. The summed E-state index contributed by atoms with van der Waals surface area (Å²) in [5.41, 5.74) is 2.69. The van der Waals surface area contributed by atoms with Gasteiger partial charge in [-0.3, -0.25) is 4.79 Å². The van der Waals surface area contributed by atoms with Crippen LogP contribution in [0, 0.1) is 11.8 Å². The lowest BCUT2D eigenvalue weighted by molar-refractivity contribution is -0.122. The number of benzene rings is 1. The maximum Gasteiger partial charge on any atom is 0.227 e. The van der Waals surface area contributed by atoms with Crippen molar-refractivity contribution in [2.75, 3.05) is 24.5 Å². The molecule has 1 saturated heterocycles. The van der Waals surface area contributed by atoms with Crippen molar-refractivity contribution in [2.45, 2.75) is 32.6 Å². The van der Waals surface area contributed by atoms with Crippen LogP contribution in [0.1, 0.15) is 49.3 Å². The summed E-state index contributed by atoms with van der Waals surface area (Å²) in [7, 11) is 0. The predicted molar refractivity (Wildman–Crippen MR) is 103 cm³/mol. The SMILES string of the molecule is CCNC(=O)C(C)c1ccc(C#Cc2cnc(N3CCCC3)nc2)cc1. The third-order valence-corrected chi connectivity index (χ3v) is 4.53. The quantitative estimate of drug-likeness (QED) is 0.863. The smallest absolute Gasteiger partial charge is 0.227 e. The first-order valence-corrected chi connectivity index (χ1v) is 9.14. The average Bonchev–Trinajstić information content (AvgIpc) is 3.21. The number of likely N-dealkylation sites (N-methyl/N-ethyl adjacent to an activating group) is 1. The molecule has 1 aromatic carbocycles. The molecule has 2 heterocycles. The molecule has 1 unspecified atom stereocenters. The van der Waals surface area contributed by atoms with Crippen molar-refractivity contribution in [1.82, 2.24) is 15.3 Å². The standard InChI is InChI=1S/C21H24N4O/c1-3-22-20(26)16(2)19-10-8-17(9-11-19)6-7-18-14-23-21(24-15-18)25-12-4-5-13-25/h8-11,14-16H,3-5,12-13H2,1-2H3,(H,22,26). The first kappa shape index (κ1) is 17.9. The van der Waals surface area contributed by atoms with Crippen molar-refractivity contribution in [3.05, 3.63) is 53.3 Å². The number of anilines is 1. The molecule has 5 nitrogen and oxygen atoms in total. The Labute approximate surface area is 154 Å². The molecular weight excluding hydrogens is 324 g/mol. The first-order chi connectivity index (χ1) is 12.7. The second-order valence-corrected chi connectivity index (χ2v) is 6.45. The number of carbonyl (C=O) groups is 1. The molecule has 1 aromatic heterocycles. The summed E-state index contributed by atoms with van der Waals surface area (Å²) in [5, 5.41) is 2.85. The summed E-state index contributed by atoms with van der Waals surface area (Å²) in [5.74, 6) is 6.89. The zero-order valence-electron chi connectivity index (χ0n) is 15.3. The molecule has 1 fully saturated rings. The van der Waals surface area contributed by atoms with E-state index in [1.54, 1.807) is 12.4 Å². The molecule has 5 heteroatoms. The number of amides is 1. The molecule has 134 valence electrons. The molecule has 0 radical (unpaired) electrons. The lowest BCUT2D eigenvalue weighted by Crippen LogP contribution is -2.27. The number of hydrogen-bond acceptors (Lipinski definition) is 4. The van der Waals surface area contributed by atoms with E-state index in [-0.39, 0.29) is 11.8 Å². The highest BCUT2D eigenvalue weighted by Crippen LogP contribution is 2.16. The molecule has 26 heavy (non-hydrogen) atoms. The Kier molecular flexibility index (Phi) is 5.85. The van der Waals surface area contributed by atoms with Crippen LogP contribution in [0.5, 0.6) is 0 Å². The normalized spacial score (nSPS) is 14.5. The van der Waals surface area contributed by atoms with Crippen LogP contribution in [0.25, 0.3) is 0 Å². The number of aromatic nitrogens is 2. The number of rotatable bonds is 4. The number of nitrogens with one attached hydrogen (secondary N) is 1. The maximum atomic E-state index is 11.9. The fourth-order valence-electron chi connectivity index (χ4n) is 2.94. The molecule has 3 rings (SSSR count). The maximum absolute atomic E-state index is 11.9. The minimum absolute atomic E-state index is 0.0431. The van der Waals surface area contributed by atoms with Gasteiger partial charge in [-0.25, -0.2) is 9.97 Å². The highest BCUT2D eigenvalue weighted by molar-refractivity contribution is 5.83. The first-order valence-electron chi connectivity index (χ1n) is 9.14. The van der Waals surface area contributed by atoms with Gasteiger partial charge in [0.05, 0.1) is 11.5 Å². The average molecular weight is 348 g/mol. The van der Waals surface area contributed by atoms with Gasteiger partial charge >= 0.3 is 0 Å². The summed E-state index contributed by atoms with van der Waals surface area (Å²) >= 11 is 0. The Balaban J connectivity index is 1.65. The van der Waals surface area contributed by atoms with Crippen LogP contribution >= 0.6 is 0 Å². The van der Waals surface area contributed by atoms with Gasteiger partial charge in [-0.15, -0.1) is 0 Å². The second kappa shape index (κ2) is 8.48. The zero-order valence-corrected chi connectivity index (χ0v) is 15.3. The topological polar surface area (TPSA) is 58.1 Å². The van der Waals surface area contributed by atoms with E-state index in [4.69, 9.17) is 0 Å². The Morgan fingerprint density at radius 3 is 2.35 bits per heavy atom. The Morgan fingerprint density at radius 2 is 1.73 bits per heavy atom. The van der Waals surface area contributed by atoms with Gasteiger partial charge in [0.2, 0.25) is 11.9 Å². The third-order valence-electron chi connectivity index (χ3n) is 4.53. The molecular formula is C21H24N4O. The molecule has 1 N–H and O–H groups in total. The molecule has 1 atom stereocenters. The highest BCUT2D eigenvalue weighted by Gasteiger charge is 2.14. The van der Waals surface area contributed by atoms with Gasteiger partial charge in [-0.1, -0.05) is 24.0 Å². The molecule has 0 bridgehead atoms. The van der Waals surface area contributed by atoms with Gasteiger partial charge in [0, 0.05) is 37.6 Å². The van der Waals surface area contributed by atoms with Crippen LogP contribution in [-0.2, 0) is 4.79 Å².